The van der Waals surface area contributed by atoms with Crippen LogP contribution in [0, 0.1) is 6.92 Å². The number of carbonyl (C=O) groups excluding carboxylic acids is 2. The van der Waals surface area contributed by atoms with E-state index < -0.39 is 11.7 Å². The number of rotatable bonds is 2. The van der Waals surface area contributed by atoms with Crippen LogP contribution in [0.15, 0.2) is 0 Å². The number of Topliss-reactive ketones (excluding diaryl/α,β-unsaturated/α-hetero) is 1. The van der Waals surface area contributed by atoms with Crippen molar-refractivity contribution >= 4 is 11.7 Å². The second kappa shape index (κ2) is 2.34. The highest BCUT2D eigenvalue weighted by Crippen LogP contribution is 1.74. The zero-order valence-electron chi connectivity index (χ0n) is 3.81. The summed E-state index contributed by atoms with van der Waals surface area (Å²) in [7, 11) is 0. The highest BCUT2D eigenvalue weighted by Gasteiger charge is 1.95. The van der Waals surface area contributed by atoms with Crippen molar-refractivity contribution in [1.29, 1.82) is 0 Å². The lowest BCUT2D eigenvalue weighted by atomic mass is 10.3. The summed E-state index contributed by atoms with van der Waals surface area (Å²) in [6.07, 6.45) is -0.250. The molecule has 0 rings (SSSR count). The molecule has 0 bridgehead atoms. The first-order valence-corrected chi connectivity index (χ1v) is 1.76. The van der Waals surface area contributed by atoms with E-state index in [4.69, 9.17) is 0 Å². The molecule has 0 aliphatic heterocycles. The lowest BCUT2D eigenvalue weighted by Gasteiger charge is -1.81. The number of ketones is 1. The average Bonchev–Trinajstić information content (AvgIpc) is 1.27. The van der Waals surface area contributed by atoms with Gasteiger partial charge in [0, 0.05) is 6.92 Å². The van der Waals surface area contributed by atoms with Crippen molar-refractivity contribution in [3.05, 3.63) is 6.92 Å². The summed E-state index contributed by atoms with van der Waals surface area (Å²) in [6, 6.07) is 0. The topological polar surface area (TPSA) is 60.2 Å². The summed E-state index contributed by atoms with van der Waals surface area (Å²) in [5, 5.41) is 0. The summed E-state index contributed by atoms with van der Waals surface area (Å²) in [6.45, 7) is 2.94. The van der Waals surface area contributed by atoms with E-state index in [0.29, 0.717) is 0 Å². The van der Waals surface area contributed by atoms with Gasteiger partial charge in [0.05, 0.1) is 6.42 Å². The molecule has 0 spiro atoms. The summed E-state index contributed by atoms with van der Waals surface area (Å²) in [5.74, 6) is -1.06. The first-order chi connectivity index (χ1) is 3.13. The number of nitrogens with two attached hydrogens (primary N) is 1. The molecule has 0 saturated heterocycles. The Bertz CT molecular complexity index is 85.9. The molecule has 0 heterocycles. The van der Waals surface area contributed by atoms with Crippen molar-refractivity contribution in [3.8, 4) is 0 Å². The molecule has 3 nitrogen and oxygen atoms in total. The van der Waals surface area contributed by atoms with Crippen molar-refractivity contribution in [3.63, 3.8) is 0 Å². The van der Waals surface area contributed by atoms with Gasteiger partial charge in [-0.2, -0.15) is 0 Å². The van der Waals surface area contributed by atoms with Gasteiger partial charge in [-0.3, -0.25) is 9.59 Å². The van der Waals surface area contributed by atoms with Gasteiger partial charge in [-0.1, -0.05) is 0 Å². The minimum absolute atomic E-state index is 0.250. The summed E-state index contributed by atoms with van der Waals surface area (Å²) < 4.78 is 0. The Kier molecular flexibility index (Phi) is 2.05. The highest BCUT2D eigenvalue weighted by atomic mass is 16.2. The van der Waals surface area contributed by atoms with Gasteiger partial charge in [-0.15, -0.1) is 0 Å². The van der Waals surface area contributed by atoms with Gasteiger partial charge in [-0.25, -0.2) is 0 Å². The zero-order valence-corrected chi connectivity index (χ0v) is 3.81. The molecule has 0 aliphatic rings. The van der Waals surface area contributed by atoms with E-state index in [-0.39, 0.29) is 6.42 Å². The van der Waals surface area contributed by atoms with E-state index >= 15 is 0 Å². The first kappa shape index (κ1) is 6.14. The fraction of sp³-hybridized carbons (Fsp3) is 0.250. The molecule has 0 atom stereocenters. The fourth-order valence-corrected chi connectivity index (χ4v) is 0.194. The SMILES string of the molecule is [CH2]C(=O)CC(N)=O. The minimum Gasteiger partial charge on any atom is -0.369 e. The number of hydrogen-bond acceptors (Lipinski definition) is 2. The van der Waals surface area contributed by atoms with Crippen LogP contribution in [-0.4, -0.2) is 11.7 Å². The summed E-state index contributed by atoms with van der Waals surface area (Å²) >= 11 is 0. The van der Waals surface area contributed by atoms with E-state index in [1.54, 1.807) is 0 Å². The van der Waals surface area contributed by atoms with Crippen LogP contribution in [0.1, 0.15) is 6.42 Å². The van der Waals surface area contributed by atoms with Crippen molar-refractivity contribution in [2.24, 2.45) is 5.73 Å². The van der Waals surface area contributed by atoms with E-state index in [1.165, 1.54) is 0 Å². The molecule has 0 aromatic rings. The van der Waals surface area contributed by atoms with E-state index in [1.807, 2.05) is 0 Å². The molecular weight excluding hydrogens is 94.0 g/mol. The number of amides is 1. The summed E-state index contributed by atoms with van der Waals surface area (Å²) in [5.41, 5.74) is 4.59. The maximum atomic E-state index is 9.84. The number of primary amides is 1. The molecule has 0 fully saturated rings. The van der Waals surface area contributed by atoms with Crippen LogP contribution < -0.4 is 5.73 Å². The molecule has 1 amide bonds. The zero-order chi connectivity index (χ0) is 5.86. The van der Waals surface area contributed by atoms with Gasteiger partial charge in [0.25, 0.3) is 0 Å². The third kappa shape index (κ3) is 5.14. The lowest BCUT2D eigenvalue weighted by molar-refractivity contribution is -0.124. The van der Waals surface area contributed by atoms with Gasteiger partial charge < -0.3 is 5.73 Å². The van der Waals surface area contributed by atoms with Crippen LogP contribution in [0.4, 0.5) is 0 Å². The Morgan fingerprint density at radius 1 is 1.57 bits per heavy atom. The Morgan fingerprint density at radius 2 is 2.00 bits per heavy atom. The Morgan fingerprint density at radius 3 is 2.00 bits per heavy atom. The van der Waals surface area contributed by atoms with Crippen LogP contribution in [0.5, 0.6) is 0 Å². The second-order valence-corrected chi connectivity index (χ2v) is 1.18. The van der Waals surface area contributed by atoms with Crippen LogP contribution in [-0.2, 0) is 9.59 Å². The lowest BCUT2D eigenvalue weighted by Crippen LogP contribution is -2.13. The Hall–Kier alpha value is -0.860. The predicted octanol–water partition coefficient (Wildman–Crippen LogP) is -0.735. The predicted molar refractivity (Wildman–Crippen MR) is 24.2 cm³/mol. The smallest absolute Gasteiger partial charge is 0.224 e. The molecule has 0 aromatic carbocycles. The molecule has 7 heavy (non-hydrogen) atoms. The van der Waals surface area contributed by atoms with Crippen LogP contribution in [0.25, 0.3) is 0 Å². The molecule has 39 valence electrons. The Labute approximate surface area is 41.5 Å². The standard InChI is InChI=1S/C4H6NO2/c1-3(6)2-4(5)7/h1-2H2,(H2,5,7). The fourth-order valence-electron chi connectivity index (χ4n) is 0.194. The quantitative estimate of drug-likeness (QED) is 0.465. The van der Waals surface area contributed by atoms with Crippen LogP contribution >= 0.6 is 0 Å². The van der Waals surface area contributed by atoms with E-state index in [9.17, 15) is 9.59 Å². The van der Waals surface area contributed by atoms with Crippen molar-refractivity contribution in [2.75, 3.05) is 0 Å². The van der Waals surface area contributed by atoms with Gasteiger partial charge in [0.1, 0.15) is 5.78 Å². The Balaban J connectivity index is 3.32. The summed E-state index contributed by atoms with van der Waals surface area (Å²) in [4.78, 5) is 19.6. The largest absolute Gasteiger partial charge is 0.369 e. The highest BCUT2D eigenvalue weighted by molar-refractivity contribution is 5.99. The number of carbonyl (C=O) groups is 2. The second-order valence-electron chi connectivity index (χ2n) is 1.18. The van der Waals surface area contributed by atoms with Gasteiger partial charge in [0.15, 0.2) is 0 Å². The molecule has 3 heteroatoms. The van der Waals surface area contributed by atoms with Crippen molar-refractivity contribution in [2.45, 2.75) is 6.42 Å². The minimum atomic E-state index is -0.625. The van der Waals surface area contributed by atoms with Crippen molar-refractivity contribution in [1.82, 2.24) is 0 Å². The normalized spacial score (nSPS) is 8.14. The van der Waals surface area contributed by atoms with Gasteiger partial charge in [-0.05, 0) is 0 Å². The van der Waals surface area contributed by atoms with Crippen LogP contribution in [0.3, 0.4) is 0 Å². The molecule has 0 saturated carbocycles. The first-order valence-electron chi connectivity index (χ1n) is 1.76. The van der Waals surface area contributed by atoms with E-state index in [2.05, 4.69) is 12.7 Å². The molecule has 1 radical (unpaired) electrons. The van der Waals surface area contributed by atoms with Gasteiger partial charge in [0.2, 0.25) is 5.91 Å². The molecule has 0 aromatic heterocycles. The molecule has 0 aliphatic carbocycles. The molecular formula is C4H6NO2. The van der Waals surface area contributed by atoms with Crippen LogP contribution in [0.2, 0.25) is 0 Å². The third-order valence-electron chi connectivity index (χ3n) is 0.371. The maximum absolute atomic E-state index is 9.84. The maximum Gasteiger partial charge on any atom is 0.224 e. The number of hydrogen-bond donors (Lipinski definition) is 1. The monoisotopic (exact) mass is 100 g/mol. The van der Waals surface area contributed by atoms with Crippen molar-refractivity contribution < 1.29 is 9.59 Å². The van der Waals surface area contributed by atoms with Gasteiger partial charge >= 0.3 is 0 Å². The van der Waals surface area contributed by atoms with E-state index in [0.717, 1.165) is 0 Å². The molecule has 0 unspecified atom stereocenters. The average molecular weight is 100 g/mol. The molecule has 2 N–H and O–H groups in total. The third-order valence-corrected chi connectivity index (χ3v) is 0.371.